The maximum absolute atomic E-state index is 12.8. The predicted octanol–water partition coefficient (Wildman–Crippen LogP) is 4.39. The first-order chi connectivity index (χ1) is 14.8. The van der Waals surface area contributed by atoms with Crippen LogP contribution in [0.4, 0.5) is 10.5 Å². The average Bonchev–Trinajstić information content (AvgIpc) is 2.99. The number of amides is 3. The summed E-state index contributed by atoms with van der Waals surface area (Å²) < 4.78 is 11.0. The minimum atomic E-state index is -0.518. The lowest BCUT2D eigenvalue weighted by atomic mass is 10.1. The molecule has 8 heteroatoms. The molecule has 1 fully saturated rings. The van der Waals surface area contributed by atoms with Gasteiger partial charge in [0.1, 0.15) is 6.54 Å². The molecule has 0 aliphatic carbocycles. The first kappa shape index (κ1) is 22.4. The van der Waals surface area contributed by atoms with E-state index in [0.717, 1.165) is 27.8 Å². The van der Waals surface area contributed by atoms with Crippen molar-refractivity contribution in [2.75, 3.05) is 25.6 Å². The highest BCUT2D eigenvalue weighted by Crippen LogP contribution is 2.37. The monoisotopic (exact) mass is 440 g/mol. The van der Waals surface area contributed by atoms with E-state index in [2.05, 4.69) is 5.32 Å². The van der Waals surface area contributed by atoms with Gasteiger partial charge in [0, 0.05) is 11.3 Å². The Kier molecular flexibility index (Phi) is 7.02. The largest absolute Gasteiger partial charge is 0.493 e. The number of thioether (sulfide) groups is 1. The van der Waals surface area contributed by atoms with Crippen LogP contribution in [0.25, 0.3) is 6.08 Å². The van der Waals surface area contributed by atoms with Gasteiger partial charge < -0.3 is 14.8 Å². The Balaban J connectivity index is 1.76. The van der Waals surface area contributed by atoms with Gasteiger partial charge in [-0.25, -0.2) is 0 Å². The van der Waals surface area contributed by atoms with Crippen molar-refractivity contribution in [2.45, 2.75) is 20.8 Å². The molecule has 2 aromatic rings. The lowest BCUT2D eigenvalue weighted by molar-refractivity contribution is -0.127. The summed E-state index contributed by atoms with van der Waals surface area (Å²) in [6.07, 6.45) is 1.58. The number of carbonyl (C=O) groups is 3. The molecule has 1 saturated heterocycles. The molecule has 0 unspecified atom stereocenters. The zero-order valence-corrected chi connectivity index (χ0v) is 18.7. The summed E-state index contributed by atoms with van der Waals surface area (Å²) in [4.78, 5) is 38.8. The molecule has 2 aromatic carbocycles. The van der Waals surface area contributed by atoms with Gasteiger partial charge in [-0.15, -0.1) is 0 Å². The van der Waals surface area contributed by atoms with Gasteiger partial charge in [0.15, 0.2) is 11.5 Å². The SMILES string of the molecule is CCOc1c(/C=C2/SC(=O)N(CC(=O)Nc3ccc(C)c(C)c3)C2=O)cccc1OC. The maximum Gasteiger partial charge on any atom is 0.294 e. The minimum Gasteiger partial charge on any atom is -0.493 e. The van der Waals surface area contributed by atoms with Crippen LogP contribution in [0.5, 0.6) is 11.5 Å². The molecule has 0 bridgehead atoms. The summed E-state index contributed by atoms with van der Waals surface area (Å²) in [5, 5.41) is 2.24. The number of nitrogens with one attached hydrogen (secondary N) is 1. The van der Waals surface area contributed by atoms with Crippen molar-refractivity contribution in [3.05, 3.63) is 58.0 Å². The predicted molar refractivity (Wildman–Crippen MR) is 121 cm³/mol. The highest BCUT2D eigenvalue weighted by molar-refractivity contribution is 8.18. The van der Waals surface area contributed by atoms with Gasteiger partial charge in [-0.3, -0.25) is 19.3 Å². The number of rotatable bonds is 7. The molecule has 0 spiro atoms. The number of aryl methyl sites for hydroxylation is 2. The Hall–Kier alpha value is -3.26. The molecule has 1 heterocycles. The number of para-hydroxylation sites is 1. The van der Waals surface area contributed by atoms with Crippen LogP contribution in [-0.2, 0) is 9.59 Å². The minimum absolute atomic E-state index is 0.221. The van der Waals surface area contributed by atoms with E-state index in [1.807, 2.05) is 32.9 Å². The normalized spacial score (nSPS) is 14.8. The molecule has 1 aliphatic rings. The second kappa shape index (κ2) is 9.70. The van der Waals surface area contributed by atoms with Crippen LogP contribution in [0.3, 0.4) is 0 Å². The summed E-state index contributed by atoms with van der Waals surface area (Å²) in [6.45, 7) is 5.83. The van der Waals surface area contributed by atoms with Crippen LogP contribution in [0, 0.1) is 13.8 Å². The van der Waals surface area contributed by atoms with Crippen LogP contribution in [0.1, 0.15) is 23.6 Å². The molecule has 0 saturated carbocycles. The Labute approximate surface area is 185 Å². The number of carbonyl (C=O) groups excluding carboxylic acids is 3. The molecule has 0 atom stereocenters. The molecular weight excluding hydrogens is 416 g/mol. The fourth-order valence-corrected chi connectivity index (χ4v) is 3.88. The van der Waals surface area contributed by atoms with Gasteiger partial charge in [0.25, 0.3) is 11.1 Å². The molecule has 7 nitrogen and oxygen atoms in total. The third kappa shape index (κ3) is 5.08. The fraction of sp³-hybridized carbons (Fsp3) is 0.261. The van der Waals surface area contributed by atoms with E-state index in [1.165, 1.54) is 7.11 Å². The van der Waals surface area contributed by atoms with Gasteiger partial charge in [-0.05, 0) is 67.9 Å². The van der Waals surface area contributed by atoms with E-state index >= 15 is 0 Å². The van der Waals surface area contributed by atoms with Crippen LogP contribution in [-0.4, -0.2) is 42.2 Å². The van der Waals surface area contributed by atoms with Gasteiger partial charge in [0.2, 0.25) is 5.91 Å². The summed E-state index contributed by atoms with van der Waals surface area (Å²) in [5.74, 6) is 0.0630. The maximum atomic E-state index is 12.8. The van der Waals surface area contributed by atoms with E-state index in [9.17, 15) is 14.4 Å². The molecule has 0 radical (unpaired) electrons. The summed E-state index contributed by atoms with van der Waals surface area (Å²) in [7, 11) is 1.53. The van der Waals surface area contributed by atoms with Crippen molar-refractivity contribution < 1.29 is 23.9 Å². The Morgan fingerprint density at radius 3 is 2.61 bits per heavy atom. The van der Waals surface area contributed by atoms with Crippen molar-refractivity contribution in [1.29, 1.82) is 0 Å². The van der Waals surface area contributed by atoms with E-state index in [0.29, 0.717) is 29.4 Å². The zero-order chi connectivity index (χ0) is 22.5. The first-order valence-corrected chi connectivity index (χ1v) is 10.6. The molecule has 1 aliphatic heterocycles. The molecule has 31 heavy (non-hydrogen) atoms. The van der Waals surface area contributed by atoms with Crippen molar-refractivity contribution >= 4 is 40.6 Å². The smallest absolute Gasteiger partial charge is 0.294 e. The standard InChI is InChI=1S/C23H24N2O5S/c1-5-30-21-16(7-6-8-18(21)29-4)12-19-22(27)25(23(28)31-19)13-20(26)24-17-10-9-14(2)15(3)11-17/h6-12H,5,13H2,1-4H3,(H,24,26)/b19-12+. The van der Waals surface area contributed by atoms with E-state index < -0.39 is 17.1 Å². The van der Waals surface area contributed by atoms with E-state index in [-0.39, 0.29) is 11.4 Å². The molecule has 0 aromatic heterocycles. The number of benzene rings is 2. The topological polar surface area (TPSA) is 84.9 Å². The van der Waals surface area contributed by atoms with E-state index in [4.69, 9.17) is 9.47 Å². The number of ether oxygens (including phenoxy) is 2. The molecule has 3 amide bonds. The summed E-state index contributed by atoms with van der Waals surface area (Å²) >= 11 is 0.792. The molecule has 162 valence electrons. The molecule has 3 rings (SSSR count). The van der Waals surface area contributed by atoms with Crippen LogP contribution < -0.4 is 14.8 Å². The molecule has 1 N–H and O–H groups in total. The second-order valence-corrected chi connectivity index (χ2v) is 7.92. The van der Waals surface area contributed by atoms with Gasteiger partial charge in [0.05, 0.1) is 18.6 Å². The van der Waals surface area contributed by atoms with E-state index in [1.54, 1.807) is 30.3 Å². The zero-order valence-electron chi connectivity index (χ0n) is 17.9. The third-order valence-corrected chi connectivity index (χ3v) is 5.68. The highest BCUT2D eigenvalue weighted by atomic mass is 32.2. The van der Waals surface area contributed by atoms with Gasteiger partial charge >= 0.3 is 0 Å². The Bertz CT molecular complexity index is 1060. The summed E-state index contributed by atoms with van der Waals surface area (Å²) in [5.41, 5.74) is 3.38. The van der Waals surface area contributed by atoms with Crippen molar-refractivity contribution in [1.82, 2.24) is 4.90 Å². The van der Waals surface area contributed by atoms with Crippen LogP contribution >= 0.6 is 11.8 Å². The Morgan fingerprint density at radius 2 is 1.94 bits per heavy atom. The average molecular weight is 441 g/mol. The quantitative estimate of drug-likeness (QED) is 0.643. The Morgan fingerprint density at radius 1 is 1.16 bits per heavy atom. The van der Waals surface area contributed by atoms with Crippen molar-refractivity contribution in [2.24, 2.45) is 0 Å². The van der Waals surface area contributed by atoms with Crippen LogP contribution in [0.2, 0.25) is 0 Å². The lowest BCUT2D eigenvalue weighted by Gasteiger charge is -2.13. The van der Waals surface area contributed by atoms with Crippen LogP contribution in [0.15, 0.2) is 41.3 Å². The number of hydrogen-bond acceptors (Lipinski definition) is 6. The number of imide groups is 1. The first-order valence-electron chi connectivity index (χ1n) is 9.76. The van der Waals surface area contributed by atoms with Crippen molar-refractivity contribution in [3.63, 3.8) is 0 Å². The number of anilines is 1. The number of nitrogens with zero attached hydrogens (tertiary/aromatic N) is 1. The number of methoxy groups -OCH3 is 1. The van der Waals surface area contributed by atoms with Gasteiger partial charge in [-0.1, -0.05) is 18.2 Å². The van der Waals surface area contributed by atoms with Gasteiger partial charge in [-0.2, -0.15) is 0 Å². The molecular formula is C23H24N2O5S. The number of hydrogen-bond donors (Lipinski definition) is 1. The third-order valence-electron chi connectivity index (χ3n) is 4.77. The van der Waals surface area contributed by atoms with Crippen molar-refractivity contribution in [3.8, 4) is 11.5 Å². The highest BCUT2D eigenvalue weighted by Gasteiger charge is 2.36. The fourth-order valence-electron chi connectivity index (χ4n) is 3.05. The summed E-state index contributed by atoms with van der Waals surface area (Å²) in [6, 6.07) is 10.8. The lowest BCUT2D eigenvalue weighted by Crippen LogP contribution is -2.36. The second-order valence-electron chi connectivity index (χ2n) is 6.93.